The van der Waals surface area contributed by atoms with Crippen LogP contribution in [0, 0.1) is 0 Å². The number of aliphatic hydroxyl groups excluding tert-OH is 4. The molecular formula is C10H16O9. The molecule has 0 radical (unpaired) electrons. The van der Waals surface area contributed by atoms with Gasteiger partial charge in [0.05, 0.1) is 19.4 Å². The van der Waals surface area contributed by atoms with Crippen LogP contribution in [0.3, 0.4) is 0 Å². The standard InChI is InChI=1S/C10H16O9/c11-3-5(13)9(17)10(18)6(4-12)19-8(16)2-1-7(14)15/h4-6,9-11,13,17-18H,1-3H2,(H,14,15)/t5-,6+,9+,10-/m1/s1. The van der Waals surface area contributed by atoms with Crippen molar-refractivity contribution in [2.24, 2.45) is 0 Å². The quantitative estimate of drug-likeness (QED) is 0.219. The summed E-state index contributed by atoms with van der Waals surface area (Å²) in [6.45, 7) is -0.864. The van der Waals surface area contributed by atoms with E-state index in [1.54, 1.807) is 0 Å². The van der Waals surface area contributed by atoms with Crippen molar-refractivity contribution in [3.63, 3.8) is 0 Å². The van der Waals surface area contributed by atoms with Crippen LogP contribution in [0.1, 0.15) is 12.8 Å². The maximum atomic E-state index is 11.1. The number of carbonyl (C=O) groups is 3. The van der Waals surface area contributed by atoms with E-state index in [0.29, 0.717) is 0 Å². The number of ether oxygens (including phenoxy) is 1. The number of aliphatic carboxylic acids is 1. The van der Waals surface area contributed by atoms with Gasteiger partial charge in [0, 0.05) is 0 Å². The Labute approximate surface area is 108 Å². The lowest BCUT2D eigenvalue weighted by Gasteiger charge is -2.25. The zero-order valence-corrected chi connectivity index (χ0v) is 9.88. The molecule has 0 aromatic rings. The van der Waals surface area contributed by atoms with E-state index in [2.05, 4.69) is 4.74 Å². The second-order valence-electron chi connectivity index (χ2n) is 3.72. The molecule has 0 aliphatic rings. The van der Waals surface area contributed by atoms with Gasteiger partial charge in [-0.25, -0.2) is 0 Å². The lowest BCUT2D eigenvalue weighted by atomic mass is 10.0. The predicted octanol–water partition coefficient (Wildman–Crippen LogP) is -2.96. The highest BCUT2D eigenvalue weighted by molar-refractivity contribution is 5.78. The molecule has 4 atom stereocenters. The normalized spacial score (nSPS) is 17.1. The summed E-state index contributed by atoms with van der Waals surface area (Å²) in [5, 5.41) is 44.7. The number of aliphatic hydroxyl groups is 4. The first-order chi connectivity index (χ1) is 8.83. The Morgan fingerprint density at radius 3 is 2.11 bits per heavy atom. The molecule has 0 bridgehead atoms. The van der Waals surface area contributed by atoms with E-state index in [9.17, 15) is 24.6 Å². The van der Waals surface area contributed by atoms with Crippen LogP contribution in [-0.2, 0) is 19.1 Å². The molecule has 0 aromatic carbocycles. The number of rotatable bonds is 9. The van der Waals surface area contributed by atoms with Crippen LogP contribution in [0.4, 0.5) is 0 Å². The summed E-state index contributed by atoms with van der Waals surface area (Å²) in [5.41, 5.74) is 0. The Morgan fingerprint density at radius 2 is 1.68 bits per heavy atom. The summed E-state index contributed by atoms with van der Waals surface area (Å²) >= 11 is 0. The third-order valence-corrected chi connectivity index (χ3v) is 2.21. The minimum absolute atomic E-state index is 0.0245. The number of hydrogen-bond acceptors (Lipinski definition) is 8. The molecule has 0 spiro atoms. The molecule has 9 heteroatoms. The lowest BCUT2D eigenvalue weighted by Crippen LogP contribution is -2.48. The SMILES string of the molecule is O=C[C@H](OC(=O)CCC(=O)O)[C@@H](O)[C@@H](O)[C@H](O)CO. The topological polar surface area (TPSA) is 162 Å². The fourth-order valence-electron chi connectivity index (χ4n) is 1.13. The van der Waals surface area contributed by atoms with Crippen molar-refractivity contribution >= 4 is 18.2 Å². The maximum absolute atomic E-state index is 11.1. The minimum atomic E-state index is -1.94. The molecule has 0 fully saturated rings. The van der Waals surface area contributed by atoms with Crippen molar-refractivity contribution in [2.45, 2.75) is 37.3 Å². The first-order valence-electron chi connectivity index (χ1n) is 5.35. The van der Waals surface area contributed by atoms with E-state index in [0.717, 1.165) is 0 Å². The van der Waals surface area contributed by atoms with Crippen molar-refractivity contribution in [3.8, 4) is 0 Å². The number of carboxylic acid groups (broad SMARTS) is 1. The second-order valence-corrected chi connectivity index (χ2v) is 3.72. The molecule has 110 valence electrons. The summed E-state index contributed by atoms with van der Waals surface area (Å²) in [7, 11) is 0. The molecule has 0 aliphatic carbocycles. The fraction of sp³-hybridized carbons (Fsp3) is 0.700. The predicted molar refractivity (Wildman–Crippen MR) is 57.9 cm³/mol. The zero-order chi connectivity index (χ0) is 15.0. The number of carboxylic acids is 1. The lowest BCUT2D eigenvalue weighted by molar-refractivity contribution is -0.168. The van der Waals surface area contributed by atoms with Gasteiger partial charge >= 0.3 is 11.9 Å². The van der Waals surface area contributed by atoms with Gasteiger partial charge in [-0.2, -0.15) is 0 Å². The van der Waals surface area contributed by atoms with Crippen molar-refractivity contribution in [1.82, 2.24) is 0 Å². The van der Waals surface area contributed by atoms with Gasteiger partial charge < -0.3 is 30.3 Å². The largest absolute Gasteiger partial charge is 0.481 e. The van der Waals surface area contributed by atoms with Crippen LogP contribution in [0.25, 0.3) is 0 Å². The smallest absolute Gasteiger partial charge is 0.307 e. The molecule has 0 heterocycles. The molecule has 9 nitrogen and oxygen atoms in total. The van der Waals surface area contributed by atoms with Crippen molar-refractivity contribution in [3.05, 3.63) is 0 Å². The maximum Gasteiger partial charge on any atom is 0.307 e. The van der Waals surface area contributed by atoms with Gasteiger partial charge in [0.2, 0.25) is 0 Å². The van der Waals surface area contributed by atoms with E-state index < -0.39 is 55.8 Å². The average Bonchev–Trinajstić information content (AvgIpc) is 2.39. The van der Waals surface area contributed by atoms with Gasteiger partial charge in [0.1, 0.15) is 18.3 Å². The van der Waals surface area contributed by atoms with Crippen molar-refractivity contribution < 1.29 is 44.7 Å². The van der Waals surface area contributed by atoms with Crippen LogP contribution in [-0.4, -0.2) is 74.8 Å². The van der Waals surface area contributed by atoms with Gasteiger partial charge in [0.25, 0.3) is 0 Å². The molecule has 0 aliphatic heterocycles. The number of esters is 1. The second kappa shape index (κ2) is 8.53. The molecule has 5 N–H and O–H groups in total. The van der Waals surface area contributed by atoms with Crippen molar-refractivity contribution in [2.75, 3.05) is 6.61 Å². The molecule has 0 aromatic heterocycles. The molecule has 0 saturated heterocycles. The Morgan fingerprint density at radius 1 is 1.11 bits per heavy atom. The highest BCUT2D eigenvalue weighted by Gasteiger charge is 2.33. The zero-order valence-electron chi connectivity index (χ0n) is 9.88. The molecule has 19 heavy (non-hydrogen) atoms. The molecule has 0 saturated carbocycles. The van der Waals surface area contributed by atoms with Gasteiger partial charge in [0.15, 0.2) is 12.4 Å². The Balaban J connectivity index is 4.44. The van der Waals surface area contributed by atoms with E-state index >= 15 is 0 Å². The van der Waals surface area contributed by atoms with Crippen LogP contribution >= 0.6 is 0 Å². The average molecular weight is 280 g/mol. The van der Waals surface area contributed by atoms with Crippen molar-refractivity contribution in [1.29, 1.82) is 0 Å². The first kappa shape index (κ1) is 17.4. The Hall–Kier alpha value is -1.55. The third-order valence-electron chi connectivity index (χ3n) is 2.21. The number of carbonyl (C=O) groups excluding carboxylic acids is 2. The molecular weight excluding hydrogens is 264 g/mol. The van der Waals surface area contributed by atoms with Crippen LogP contribution in [0.15, 0.2) is 0 Å². The van der Waals surface area contributed by atoms with Gasteiger partial charge in [-0.15, -0.1) is 0 Å². The van der Waals surface area contributed by atoms with Gasteiger partial charge in [-0.1, -0.05) is 0 Å². The Bertz CT molecular complexity index is 316. The number of aldehydes is 1. The summed E-state index contributed by atoms with van der Waals surface area (Å²) in [5.74, 6) is -2.29. The molecule has 0 rings (SSSR count). The fourth-order valence-corrected chi connectivity index (χ4v) is 1.13. The first-order valence-corrected chi connectivity index (χ1v) is 5.35. The molecule has 0 amide bonds. The highest BCUT2D eigenvalue weighted by atomic mass is 16.6. The van der Waals surface area contributed by atoms with E-state index in [1.807, 2.05) is 0 Å². The molecule has 0 unspecified atom stereocenters. The number of hydrogen-bond donors (Lipinski definition) is 5. The summed E-state index contributed by atoms with van der Waals surface area (Å²) in [6, 6.07) is 0. The third kappa shape index (κ3) is 6.25. The summed E-state index contributed by atoms with van der Waals surface area (Å²) in [4.78, 5) is 32.0. The van der Waals surface area contributed by atoms with E-state index in [-0.39, 0.29) is 6.29 Å². The van der Waals surface area contributed by atoms with Crippen LogP contribution in [0.5, 0.6) is 0 Å². The van der Waals surface area contributed by atoms with Gasteiger partial charge in [-0.3, -0.25) is 14.4 Å². The van der Waals surface area contributed by atoms with E-state index in [4.69, 9.17) is 15.3 Å². The minimum Gasteiger partial charge on any atom is -0.481 e. The van der Waals surface area contributed by atoms with Crippen LogP contribution < -0.4 is 0 Å². The van der Waals surface area contributed by atoms with Crippen LogP contribution in [0.2, 0.25) is 0 Å². The summed E-state index contributed by atoms with van der Waals surface area (Å²) < 4.78 is 4.45. The van der Waals surface area contributed by atoms with E-state index in [1.165, 1.54) is 0 Å². The highest BCUT2D eigenvalue weighted by Crippen LogP contribution is 2.08. The Kier molecular flexibility index (Phi) is 7.84. The van der Waals surface area contributed by atoms with Gasteiger partial charge in [-0.05, 0) is 0 Å². The monoisotopic (exact) mass is 280 g/mol. The summed E-state index contributed by atoms with van der Waals surface area (Å²) in [6.07, 6.45) is -8.31.